The molecule has 0 saturated carbocycles. The van der Waals surface area contributed by atoms with Gasteiger partial charge in [-0.15, -0.1) is 0 Å². The normalized spacial score (nSPS) is 14.0. The van der Waals surface area contributed by atoms with Crippen LogP contribution in [-0.4, -0.2) is 26.9 Å². The van der Waals surface area contributed by atoms with Gasteiger partial charge in [0.2, 0.25) is 0 Å². The predicted molar refractivity (Wildman–Crippen MR) is 61.4 cm³/mol. The SMILES string of the molecule is O=S(=O)(/C=C/c1ccccc1)OC(C(F)(F)F)C(F)(F)F. The molecule has 1 aromatic rings. The fraction of sp³-hybridized carbons (Fsp3) is 0.273. The lowest BCUT2D eigenvalue weighted by Gasteiger charge is -2.21. The quantitative estimate of drug-likeness (QED) is 0.625. The van der Waals surface area contributed by atoms with Gasteiger partial charge in [0.15, 0.2) is 0 Å². The van der Waals surface area contributed by atoms with Crippen molar-refractivity contribution in [1.29, 1.82) is 0 Å². The zero-order valence-electron chi connectivity index (χ0n) is 10.0. The second-order valence-corrected chi connectivity index (χ2v) is 5.22. The van der Waals surface area contributed by atoms with Crippen LogP contribution in [0, 0.1) is 0 Å². The number of benzene rings is 1. The monoisotopic (exact) mass is 334 g/mol. The van der Waals surface area contributed by atoms with E-state index < -0.39 is 28.6 Å². The standard InChI is InChI=1S/C11H8F6O3S/c12-10(13,14)9(11(15,16)17)20-21(18,19)7-6-8-4-2-1-3-5-8/h1-7,9H/b7-6+. The first kappa shape index (κ1) is 17.5. The zero-order chi connectivity index (χ0) is 16.3. The van der Waals surface area contributed by atoms with Crippen LogP contribution in [0.3, 0.4) is 0 Å². The molecule has 3 nitrogen and oxygen atoms in total. The number of hydrogen-bond acceptors (Lipinski definition) is 3. The van der Waals surface area contributed by atoms with E-state index in [-0.39, 0.29) is 11.0 Å². The summed E-state index contributed by atoms with van der Waals surface area (Å²) in [6.45, 7) is 0. The van der Waals surface area contributed by atoms with Crippen LogP contribution < -0.4 is 0 Å². The maximum atomic E-state index is 12.2. The highest BCUT2D eigenvalue weighted by Gasteiger charge is 2.59. The molecular formula is C11H8F6O3S. The highest BCUT2D eigenvalue weighted by molar-refractivity contribution is 7.89. The Balaban J connectivity index is 2.95. The van der Waals surface area contributed by atoms with E-state index in [1.54, 1.807) is 6.07 Å². The van der Waals surface area contributed by atoms with E-state index in [0.29, 0.717) is 0 Å². The predicted octanol–water partition coefficient (Wildman–Crippen LogP) is 3.50. The van der Waals surface area contributed by atoms with Gasteiger partial charge in [-0.3, -0.25) is 0 Å². The summed E-state index contributed by atoms with van der Waals surface area (Å²) in [5, 5.41) is 0.132. The van der Waals surface area contributed by atoms with E-state index >= 15 is 0 Å². The molecule has 0 saturated heterocycles. The van der Waals surface area contributed by atoms with Crippen LogP contribution in [0.15, 0.2) is 35.7 Å². The lowest BCUT2D eigenvalue weighted by molar-refractivity contribution is -0.298. The Morgan fingerprint density at radius 2 is 1.43 bits per heavy atom. The molecule has 0 aliphatic heterocycles. The molecule has 0 atom stereocenters. The number of alkyl halides is 6. The molecule has 1 rings (SSSR count). The fourth-order valence-corrected chi connectivity index (χ4v) is 2.06. The molecule has 1 aromatic carbocycles. The van der Waals surface area contributed by atoms with Gasteiger partial charge in [0.05, 0.1) is 5.41 Å². The Hall–Kier alpha value is -1.55. The van der Waals surface area contributed by atoms with Gasteiger partial charge in [-0.25, -0.2) is 4.18 Å². The van der Waals surface area contributed by atoms with Crippen LogP contribution in [-0.2, 0) is 14.3 Å². The topological polar surface area (TPSA) is 43.4 Å². The molecule has 0 bridgehead atoms. The van der Waals surface area contributed by atoms with Gasteiger partial charge in [-0.2, -0.15) is 34.8 Å². The largest absolute Gasteiger partial charge is 0.425 e. The van der Waals surface area contributed by atoms with Crippen molar-refractivity contribution in [2.45, 2.75) is 18.5 Å². The second kappa shape index (κ2) is 6.06. The van der Waals surface area contributed by atoms with E-state index in [0.717, 1.165) is 6.08 Å². The molecule has 0 spiro atoms. The molecule has 0 aliphatic carbocycles. The Morgan fingerprint density at radius 3 is 1.86 bits per heavy atom. The van der Waals surface area contributed by atoms with Gasteiger partial charge >= 0.3 is 12.4 Å². The Kier molecular flexibility index (Phi) is 5.05. The van der Waals surface area contributed by atoms with Crippen LogP contribution in [0.4, 0.5) is 26.3 Å². The summed E-state index contributed by atoms with van der Waals surface area (Å²) in [6.07, 6.45) is -15.4. The van der Waals surface area contributed by atoms with Gasteiger partial charge < -0.3 is 0 Å². The molecule has 0 fully saturated rings. The van der Waals surface area contributed by atoms with Crippen LogP contribution in [0.2, 0.25) is 0 Å². The van der Waals surface area contributed by atoms with E-state index in [2.05, 4.69) is 4.18 Å². The van der Waals surface area contributed by atoms with Crippen LogP contribution in [0.1, 0.15) is 5.56 Å². The summed E-state index contributed by atoms with van der Waals surface area (Å²) >= 11 is 0. The second-order valence-electron chi connectivity index (χ2n) is 3.77. The minimum absolute atomic E-state index is 0.132. The molecule has 0 radical (unpaired) electrons. The summed E-state index contributed by atoms with van der Waals surface area (Å²) in [5.74, 6) is 0. The average Bonchev–Trinajstić information content (AvgIpc) is 2.33. The van der Waals surface area contributed by atoms with Gasteiger partial charge in [-0.1, -0.05) is 30.3 Å². The van der Waals surface area contributed by atoms with Crippen molar-refractivity contribution in [1.82, 2.24) is 0 Å². The van der Waals surface area contributed by atoms with E-state index in [1.165, 1.54) is 24.3 Å². The summed E-state index contributed by atoms with van der Waals surface area (Å²) in [6, 6.07) is 7.39. The Labute approximate surface area is 116 Å². The first-order valence-corrected chi connectivity index (χ1v) is 6.69. The first-order chi connectivity index (χ1) is 9.42. The number of rotatable bonds is 4. The molecular weight excluding hydrogens is 326 g/mol. The highest BCUT2D eigenvalue weighted by Crippen LogP contribution is 2.36. The summed E-state index contributed by atoms with van der Waals surface area (Å²) < 4.78 is 98.7. The van der Waals surface area contributed by atoms with Gasteiger partial charge in [0.1, 0.15) is 0 Å². The molecule has 118 valence electrons. The van der Waals surface area contributed by atoms with Crippen LogP contribution in [0.25, 0.3) is 6.08 Å². The van der Waals surface area contributed by atoms with Gasteiger partial charge in [0, 0.05) is 0 Å². The molecule has 10 heteroatoms. The number of hydrogen-bond donors (Lipinski definition) is 0. The van der Waals surface area contributed by atoms with Crippen LogP contribution >= 0.6 is 0 Å². The van der Waals surface area contributed by atoms with Crippen molar-refractivity contribution in [3.05, 3.63) is 41.3 Å². The van der Waals surface area contributed by atoms with E-state index in [4.69, 9.17) is 0 Å². The average molecular weight is 334 g/mol. The molecule has 0 heterocycles. The maximum Gasteiger partial charge on any atom is 0.425 e. The third kappa shape index (κ3) is 5.76. The van der Waals surface area contributed by atoms with Crippen molar-refractivity contribution in [2.24, 2.45) is 0 Å². The highest BCUT2D eigenvalue weighted by atomic mass is 32.2. The molecule has 0 unspecified atom stereocenters. The molecule has 0 aromatic heterocycles. The third-order valence-corrected chi connectivity index (χ3v) is 2.98. The van der Waals surface area contributed by atoms with Crippen molar-refractivity contribution >= 4 is 16.2 Å². The Morgan fingerprint density at radius 1 is 0.952 bits per heavy atom. The molecule has 0 N–H and O–H groups in total. The first-order valence-electron chi connectivity index (χ1n) is 5.22. The van der Waals surface area contributed by atoms with Crippen molar-refractivity contribution < 1.29 is 38.9 Å². The molecule has 0 amide bonds. The lowest BCUT2D eigenvalue weighted by Crippen LogP contribution is -2.45. The fourth-order valence-electron chi connectivity index (χ4n) is 1.19. The minimum atomic E-state index is -5.90. The van der Waals surface area contributed by atoms with Crippen LogP contribution in [0.5, 0.6) is 0 Å². The molecule has 0 aliphatic rings. The smallest absolute Gasteiger partial charge is 0.244 e. The lowest BCUT2D eigenvalue weighted by atomic mass is 10.2. The van der Waals surface area contributed by atoms with Gasteiger partial charge in [-0.05, 0) is 11.6 Å². The molecule has 21 heavy (non-hydrogen) atoms. The Bertz CT molecular complexity index is 575. The van der Waals surface area contributed by atoms with Crippen molar-refractivity contribution in [2.75, 3.05) is 0 Å². The van der Waals surface area contributed by atoms with E-state index in [9.17, 15) is 34.8 Å². The van der Waals surface area contributed by atoms with Crippen molar-refractivity contribution in [3.8, 4) is 0 Å². The minimum Gasteiger partial charge on any atom is -0.244 e. The zero-order valence-corrected chi connectivity index (χ0v) is 10.8. The maximum absolute atomic E-state index is 12.2. The van der Waals surface area contributed by atoms with Gasteiger partial charge in [0.25, 0.3) is 16.2 Å². The summed E-state index contributed by atoms with van der Waals surface area (Å²) in [5.41, 5.74) is 0.264. The summed E-state index contributed by atoms with van der Waals surface area (Å²) in [7, 11) is -5.17. The van der Waals surface area contributed by atoms with Crippen molar-refractivity contribution in [3.63, 3.8) is 0 Å². The number of halogens is 6. The third-order valence-electron chi connectivity index (χ3n) is 2.05. The van der Waals surface area contributed by atoms with E-state index in [1.807, 2.05) is 0 Å². The summed E-state index contributed by atoms with van der Waals surface area (Å²) in [4.78, 5) is 0.